The highest BCUT2D eigenvalue weighted by Crippen LogP contribution is 1.89. The van der Waals surface area contributed by atoms with Crippen LogP contribution in [-0.4, -0.2) is 21.9 Å². The van der Waals surface area contributed by atoms with Crippen molar-refractivity contribution in [2.45, 2.75) is 19.0 Å². The van der Waals surface area contributed by atoms with Gasteiger partial charge in [0.05, 0.1) is 12.6 Å². The average Bonchev–Trinajstić information content (AvgIpc) is 2.67. The number of rotatable bonds is 4. The Kier molecular flexibility index (Phi) is 3.70. The number of amides is 1. The zero-order chi connectivity index (χ0) is 10.4. The summed E-state index contributed by atoms with van der Waals surface area (Å²) in [4.78, 5) is 18.1. The molecule has 1 aromatic rings. The van der Waals surface area contributed by atoms with Crippen LogP contribution in [-0.2, 0) is 11.3 Å². The number of imidazole rings is 1. The Morgan fingerprint density at radius 2 is 2.64 bits per heavy atom. The molecule has 4 N–H and O–H groups in total. The van der Waals surface area contributed by atoms with Gasteiger partial charge in [0.15, 0.2) is 0 Å². The fourth-order valence-corrected chi connectivity index (χ4v) is 0.916. The molecule has 0 aliphatic carbocycles. The highest BCUT2D eigenvalue weighted by atomic mass is 16.2. The minimum absolute atomic E-state index is 0.240. The minimum Gasteiger partial charge on any atom is -0.347 e. The van der Waals surface area contributed by atoms with Gasteiger partial charge in [-0.3, -0.25) is 4.79 Å². The van der Waals surface area contributed by atoms with Crippen LogP contribution in [0.25, 0.3) is 0 Å². The Balaban J connectivity index is 2.32. The summed E-state index contributed by atoms with van der Waals surface area (Å²) in [5, 5.41) is 2.62. The molecular weight excluding hydrogens is 180 g/mol. The molecule has 0 radical (unpaired) electrons. The Morgan fingerprint density at radius 1 is 1.86 bits per heavy atom. The lowest BCUT2D eigenvalue weighted by Crippen LogP contribution is -2.40. The quantitative estimate of drug-likeness (QED) is 0.556. The van der Waals surface area contributed by atoms with E-state index in [0.29, 0.717) is 12.4 Å². The van der Waals surface area contributed by atoms with E-state index in [1.54, 1.807) is 12.4 Å². The number of nitrogens with one attached hydrogen (secondary N) is 2. The number of terminal acetylenes is 1. The van der Waals surface area contributed by atoms with Gasteiger partial charge in [0, 0.05) is 18.8 Å². The minimum atomic E-state index is -0.644. The normalized spacial score (nSPS) is 11.7. The molecule has 74 valence electrons. The predicted octanol–water partition coefficient (Wildman–Crippen LogP) is -0.624. The van der Waals surface area contributed by atoms with Crippen molar-refractivity contribution in [1.82, 2.24) is 15.3 Å². The maximum atomic E-state index is 11.3. The first kappa shape index (κ1) is 10.3. The van der Waals surface area contributed by atoms with E-state index >= 15 is 0 Å². The highest BCUT2D eigenvalue weighted by molar-refractivity contribution is 5.81. The lowest BCUT2D eigenvalue weighted by atomic mass is 10.2. The molecule has 1 aromatic heterocycles. The van der Waals surface area contributed by atoms with E-state index in [-0.39, 0.29) is 12.3 Å². The predicted molar refractivity (Wildman–Crippen MR) is 51.9 cm³/mol. The van der Waals surface area contributed by atoms with Crippen LogP contribution in [0, 0.1) is 12.3 Å². The second kappa shape index (κ2) is 5.04. The molecule has 0 saturated heterocycles. The molecule has 5 nitrogen and oxygen atoms in total. The van der Waals surface area contributed by atoms with Crippen LogP contribution in [0.1, 0.15) is 12.2 Å². The molecule has 0 aliphatic rings. The number of H-pyrrole nitrogens is 1. The summed E-state index contributed by atoms with van der Waals surface area (Å²) in [5.74, 6) is 2.75. The summed E-state index contributed by atoms with van der Waals surface area (Å²) in [7, 11) is 0. The largest absolute Gasteiger partial charge is 0.347 e. The summed E-state index contributed by atoms with van der Waals surface area (Å²) in [6, 6.07) is -0.644. The molecule has 1 atom stereocenters. The third-order valence-corrected chi connectivity index (χ3v) is 1.66. The van der Waals surface area contributed by atoms with Gasteiger partial charge in [0.1, 0.15) is 5.82 Å². The summed E-state index contributed by atoms with van der Waals surface area (Å²) < 4.78 is 0. The summed E-state index contributed by atoms with van der Waals surface area (Å²) in [6.07, 6.45) is 8.57. The zero-order valence-corrected chi connectivity index (χ0v) is 7.66. The van der Waals surface area contributed by atoms with Gasteiger partial charge in [0.2, 0.25) is 5.91 Å². The van der Waals surface area contributed by atoms with Crippen molar-refractivity contribution < 1.29 is 4.79 Å². The Hall–Kier alpha value is -1.80. The first-order chi connectivity index (χ1) is 6.74. The highest BCUT2D eigenvalue weighted by Gasteiger charge is 2.11. The number of aromatic amines is 1. The van der Waals surface area contributed by atoms with Gasteiger partial charge in [-0.1, -0.05) is 0 Å². The zero-order valence-electron chi connectivity index (χ0n) is 7.66. The van der Waals surface area contributed by atoms with E-state index in [4.69, 9.17) is 12.2 Å². The maximum Gasteiger partial charge on any atom is 0.238 e. The lowest BCUT2D eigenvalue weighted by Gasteiger charge is -2.07. The Labute approximate surface area is 82.1 Å². The van der Waals surface area contributed by atoms with E-state index < -0.39 is 6.04 Å². The number of carbonyl (C=O) groups is 1. The van der Waals surface area contributed by atoms with Gasteiger partial charge < -0.3 is 16.0 Å². The maximum absolute atomic E-state index is 11.3. The van der Waals surface area contributed by atoms with Crippen molar-refractivity contribution in [2.24, 2.45) is 5.73 Å². The average molecular weight is 192 g/mol. The fourth-order valence-electron chi connectivity index (χ4n) is 0.916. The van der Waals surface area contributed by atoms with Crippen molar-refractivity contribution >= 4 is 5.91 Å². The van der Waals surface area contributed by atoms with E-state index in [1.165, 1.54) is 0 Å². The number of nitrogens with two attached hydrogens (primary N) is 1. The topological polar surface area (TPSA) is 83.8 Å². The first-order valence-corrected chi connectivity index (χ1v) is 4.19. The fraction of sp³-hybridized carbons (Fsp3) is 0.333. The molecule has 0 fully saturated rings. The monoisotopic (exact) mass is 192 g/mol. The van der Waals surface area contributed by atoms with Crippen LogP contribution in [0.5, 0.6) is 0 Å². The van der Waals surface area contributed by atoms with Crippen LogP contribution in [0.3, 0.4) is 0 Å². The molecule has 1 rings (SSSR count). The van der Waals surface area contributed by atoms with Crippen molar-refractivity contribution in [3.63, 3.8) is 0 Å². The smallest absolute Gasteiger partial charge is 0.238 e. The van der Waals surface area contributed by atoms with Crippen LogP contribution < -0.4 is 11.1 Å². The Bertz CT molecular complexity index is 325. The van der Waals surface area contributed by atoms with Gasteiger partial charge in [-0.25, -0.2) is 4.98 Å². The van der Waals surface area contributed by atoms with Crippen molar-refractivity contribution in [3.05, 3.63) is 18.2 Å². The molecule has 0 aromatic carbocycles. The lowest BCUT2D eigenvalue weighted by molar-refractivity contribution is -0.122. The van der Waals surface area contributed by atoms with E-state index in [1.807, 2.05) is 0 Å². The summed E-state index contributed by atoms with van der Waals surface area (Å²) in [5.41, 5.74) is 5.48. The molecule has 0 saturated carbocycles. The molecule has 5 heteroatoms. The summed E-state index contributed by atoms with van der Waals surface area (Å²) >= 11 is 0. The van der Waals surface area contributed by atoms with Crippen molar-refractivity contribution in [2.75, 3.05) is 0 Å². The molecule has 1 heterocycles. The molecule has 1 unspecified atom stereocenters. The van der Waals surface area contributed by atoms with Crippen LogP contribution in [0.15, 0.2) is 12.4 Å². The number of hydrogen-bond donors (Lipinski definition) is 3. The molecule has 1 amide bonds. The third-order valence-electron chi connectivity index (χ3n) is 1.66. The molecule has 0 bridgehead atoms. The first-order valence-electron chi connectivity index (χ1n) is 4.19. The van der Waals surface area contributed by atoms with Crippen molar-refractivity contribution in [3.8, 4) is 12.3 Å². The van der Waals surface area contributed by atoms with Gasteiger partial charge in [-0.05, 0) is 0 Å². The molecule has 0 aliphatic heterocycles. The standard InChI is InChI=1S/C9H12N4O/c1-2-3-7(10)9(14)13-6-8-11-4-5-12-8/h1,4-5,7H,3,6,10H2,(H,11,12)(H,13,14). The third kappa shape index (κ3) is 2.92. The summed E-state index contributed by atoms with van der Waals surface area (Å²) in [6.45, 7) is 0.337. The van der Waals surface area contributed by atoms with Gasteiger partial charge in [-0.2, -0.15) is 0 Å². The van der Waals surface area contributed by atoms with Crippen LogP contribution >= 0.6 is 0 Å². The number of carbonyl (C=O) groups excluding carboxylic acids is 1. The van der Waals surface area contributed by atoms with Gasteiger partial charge in [-0.15, -0.1) is 12.3 Å². The molecule has 14 heavy (non-hydrogen) atoms. The van der Waals surface area contributed by atoms with E-state index in [0.717, 1.165) is 0 Å². The number of hydrogen-bond acceptors (Lipinski definition) is 3. The second-order valence-electron chi connectivity index (χ2n) is 2.77. The Morgan fingerprint density at radius 3 is 3.21 bits per heavy atom. The van der Waals surface area contributed by atoms with Gasteiger partial charge in [0.25, 0.3) is 0 Å². The molecular formula is C9H12N4O. The van der Waals surface area contributed by atoms with Crippen LogP contribution in [0.4, 0.5) is 0 Å². The molecule has 0 spiro atoms. The van der Waals surface area contributed by atoms with E-state index in [9.17, 15) is 4.79 Å². The van der Waals surface area contributed by atoms with Crippen LogP contribution in [0.2, 0.25) is 0 Å². The van der Waals surface area contributed by atoms with Crippen molar-refractivity contribution in [1.29, 1.82) is 0 Å². The number of nitrogens with zero attached hydrogens (tertiary/aromatic N) is 1. The SMILES string of the molecule is C#CCC(N)C(=O)NCc1ncc[nH]1. The second-order valence-corrected chi connectivity index (χ2v) is 2.77. The number of aromatic nitrogens is 2. The van der Waals surface area contributed by atoms with Gasteiger partial charge >= 0.3 is 0 Å². The van der Waals surface area contributed by atoms with E-state index in [2.05, 4.69) is 21.2 Å².